The second-order valence-corrected chi connectivity index (χ2v) is 25.4. The Morgan fingerprint density at radius 3 is 1.07 bits per heavy atom. The largest absolute Gasteiger partial charge is 0.508 e. The Balaban J connectivity index is 0.000000148. The highest BCUT2D eigenvalue weighted by atomic mass is 32.2. The van der Waals surface area contributed by atoms with Crippen molar-refractivity contribution in [3.8, 4) is 114 Å². The van der Waals surface area contributed by atoms with Crippen LogP contribution in [0.5, 0.6) is 69.0 Å². The maximum Gasteiger partial charge on any atom is 0.488 e. The van der Waals surface area contributed by atoms with Crippen molar-refractivity contribution in [2.24, 2.45) is 0 Å². The Kier molecular flexibility index (Phi) is 27.2. The van der Waals surface area contributed by atoms with Crippen LogP contribution in [-0.4, -0.2) is 89.6 Å². The SMILES string of the molecule is COc1ccc(-c2cccc(O)c2)cc1.COc1ccc(-c2cccc(Oc3ccc(/C=C4\SC(=O)NC4=O)cc3)c2)cc1.COc1ccc(-c2cccc(Oc3ccc(C=O)cc3)c2)cc1.COc1ccc(-c2cccc(Oc3ccc(CC4SC(=O)NC4=O)cc3)c2)cc1.OB(O)c1cccc(O)c1. The van der Waals surface area contributed by atoms with Gasteiger partial charge in [0.2, 0.25) is 5.91 Å². The summed E-state index contributed by atoms with van der Waals surface area (Å²) in [5, 5.41) is 38.9. The molecule has 6 N–H and O–H groups in total. The smallest absolute Gasteiger partial charge is 0.488 e. The van der Waals surface area contributed by atoms with Gasteiger partial charge in [-0.05, 0) is 243 Å². The van der Waals surface area contributed by atoms with Crippen LogP contribution in [0.15, 0.2) is 296 Å². The van der Waals surface area contributed by atoms with Gasteiger partial charge in [0, 0.05) is 5.56 Å². The molecule has 0 saturated carbocycles. The van der Waals surface area contributed by atoms with Crippen LogP contribution in [0.3, 0.4) is 0 Å². The van der Waals surface area contributed by atoms with Crippen LogP contribution in [0.2, 0.25) is 0 Å². The van der Waals surface area contributed by atoms with Gasteiger partial charge in [-0.1, -0.05) is 145 Å². The van der Waals surface area contributed by atoms with Gasteiger partial charge in [0.25, 0.3) is 16.4 Å². The first-order valence-electron chi connectivity index (χ1n) is 32.8. The van der Waals surface area contributed by atoms with Crippen LogP contribution in [-0.2, 0) is 16.0 Å². The summed E-state index contributed by atoms with van der Waals surface area (Å²) < 4.78 is 38.5. The number of hydrogen-bond donors (Lipinski definition) is 6. The van der Waals surface area contributed by atoms with Crippen LogP contribution >= 0.6 is 23.5 Å². The maximum absolute atomic E-state index is 11.7. The number of amides is 4. The predicted molar refractivity (Wildman–Crippen MR) is 416 cm³/mol. The summed E-state index contributed by atoms with van der Waals surface area (Å²) >= 11 is 1.94. The molecule has 0 aliphatic carbocycles. The molecule has 2 fully saturated rings. The highest BCUT2D eigenvalue weighted by molar-refractivity contribution is 8.18. The van der Waals surface area contributed by atoms with Gasteiger partial charge in [0.1, 0.15) is 75.3 Å². The molecule has 2 saturated heterocycles. The van der Waals surface area contributed by atoms with E-state index >= 15 is 0 Å². The van der Waals surface area contributed by atoms with Gasteiger partial charge in [-0.3, -0.25) is 34.6 Å². The van der Waals surface area contributed by atoms with Crippen molar-refractivity contribution in [1.82, 2.24) is 10.6 Å². The number of aromatic hydroxyl groups is 2. The Hall–Kier alpha value is -12.8. The standard InChI is InChI=1S/C23H19NO4S.C23H17NO4S.C20H16O3.C13H12O2.C6H7BO3/c2*1-27-18-11-7-16(8-12-18)17-3-2-4-20(14-17)28-19-9-5-15(6-10-19)13-21-22(25)24-23(26)29-21;1-22-18-11-7-16(8-12-18)17-3-2-4-20(13-17)23-19-9-5-15(14-21)6-10-19;1-15-13-7-5-10(6-8-13)11-3-2-4-12(14)9-11;8-6-3-1-2-5(4-6)7(9)10/h2-12,14,21H,13H2,1H3,(H,24,25,26);2-14H,1H3,(H,24,25,26);2-14H,1H3;2-9,14H,1H3;1-4,8-10H/b;21-13-;;;. The lowest BCUT2D eigenvalue weighted by molar-refractivity contribution is -0.119. The van der Waals surface area contributed by atoms with Crippen LogP contribution in [0.1, 0.15) is 21.5 Å². The molecule has 2 heterocycles. The summed E-state index contributed by atoms with van der Waals surface area (Å²) in [5.74, 6) is 7.31. The number of phenolic OH excluding ortho intramolecular Hbond substituents is 2. The third-order valence-electron chi connectivity index (χ3n) is 15.9. The molecule has 1 unspecified atom stereocenters. The van der Waals surface area contributed by atoms with Crippen molar-refractivity contribution in [3.63, 3.8) is 0 Å². The summed E-state index contributed by atoms with van der Waals surface area (Å²) in [5.41, 5.74) is 11.2. The van der Waals surface area contributed by atoms with Gasteiger partial charge in [0.05, 0.1) is 38.6 Å². The average Bonchev–Trinajstić information content (AvgIpc) is 1.21. The van der Waals surface area contributed by atoms with Gasteiger partial charge < -0.3 is 53.4 Å². The predicted octanol–water partition coefficient (Wildman–Crippen LogP) is 17.6. The van der Waals surface area contributed by atoms with E-state index in [2.05, 4.69) is 10.6 Å². The Bertz CT molecular complexity index is 4970. The first-order chi connectivity index (χ1) is 51.5. The molecule has 2 aliphatic rings. The van der Waals surface area contributed by atoms with Crippen LogP contribution < -0.4 is 49.3 Å². The van der Waals surface area contributed by atoms with E-state index in [-0.39, 0.29) is 39.0 Å². The van der Waals surface area contributed by atoms with Crippen LogP contribution in [0.25, 0.3) is 50.6 Å². The lowest BCUT2D eigenvalue weighted by atomic mass is 9.80. The quantitative estimate of drug-likeness (QED) is 0.0250. The zero-order valence-electron chi connectivity index (χ0n) is 57.7. The zero-order chi connectivity index (χ0) is 74.7. The summed E-state index contributed by atoms with van der Waals surface area (Å²) in [7, 11) is 5.08. The van der Waals surface area contributed by atoms with Gasteiger partial charge in [0.15, 0.2) is 0 Å². The Morgan fingerprint density at radius 2 is 0.736 bits per heavy atom. The van der Waals surface area contributed by atoms with Crippen molar-refractivity contribution in [3.05, 3.63) is 313 Å². The number of nitrogens with one attached hydrogen (secondary N) is 2. The summed E-state index contributed by atoms with van der Waals surface area (Å²) in [6, 6.07) is 89.9. The number of aldehydes is 1. The zero-order valence-corrected chi connectivity index (χ0v) is 59.4. The lowest BCUT2D eigenvalue weighted by Gasteiger charge is -2.10. The van der Waals surface area contributed by atoms with E-state index in [1.54, 1.807) is 77.0 Å². The summed E-state index contributed by atoms with van der Waals surface area (Å²) in [4.78, 5) is 56.9. The number of hydrogen-bond acceptors (Lipinski definition) is 18. The van der Waals surface area contributed by atoms with E-state index in [9.17, 15) is 29.1 Å². The minimum Gasteiger partial charge on any atom is -0.508 e. The monoisotopic (exact) mass is 1450 g/mol. The fourth-order valence-corrected chi connectivity index (χ4v) is 11.9. The number of carbonyl (C=O) groups is 5. The van der Waals surface area contributed by atoms with Crippen LogP contribution in [0, 0.1) is 0 Å². The molecule has 0 aromatic heterocycles. The highest BCUT2D eigenvalue weighted by Crippen LogP contribution is 2.35. The molecule has 18 nitrogen and oxygen atoms in total. The molecule has 4 amide bonds. The third-order valence-corrected chi connectivity index (χ3v) is 17.7. The lowest BCUT2D eigenvalue weighted by Crippen LogP contribution is -2.29. The van der Waals surface area contributed by atoms with Crippen molar-refractivity contribution in [2.45, 2.75) is 11.7 Å². The van der Waals surface area contributed by atoms with Crippen molar-refractivity contribution in [2.75, 3.05) is 28.4 Å². The number of methoxy groups -OCH3 is 4. The normalized spacial score (nSPS) is 12.8. The first-order valence-corrected chi connectivity index (χ1v) is 34.5. The number of carbonyl (C=O) groups excluding carboxylic acids is 5. The number of benzene rings is 12. The second-order valence-electron chi connectivity index (χ2n) is 23.2. The van der Waals surface area contributed by atoms with Gasteiger partial charge >= 0.3 is 7.12 Å². The molecular formula is C85H71BN2O16S2. The Morgan fingerprint density at radius 1 is 0.377 bits per heavy atom. The van der Waals surface area contributed by atoms with E-state index in [0.29, 0.717) is 39.6 Å². The molecule has 12 aromatic carbocycles. The molecule has 532 valence electrons. The van der Waals surface area contributed by atoms with E-state index in [4.69, 9.17) is 48.3 Å². The van der Waals surface area contributed by atoms with E-state index in [1.165, 1.54) is 18.2 Å². The number of thioether (sulfide) groups is 2. The minimum absolute atomic E-state index is 0.0330. The number of ether oxygens (including phenoxy) is 7. The fraction of sp³-hybridized carbons (Fsp3) is 0.0706. The fourth-order valence-electron chi connectivity index (χ4n) is 10.4. The number of phenols is 2. The number of rotatable bonds is 19. The molecule has 0 bridgehead atoms. The molecular weight excluding hydrogens is 1380 g/mol. The van der Waals surface area contributed by atoms with E-state index in [0.717, 1.165) is 126 Å². The van der Waals surface area contributed by atoms with Crippen molar-refractivity contribution >= 4 is 70.8 Å². The van der Waals surface area contributed by atoms with E-state index in [1.807, 2.05) is 231 Å². The molecule has 21 heteroatoms. The molecule has 12 aromatic rings. The molecule has 106 heavy (non-hydrogen) atoms. The summed E-state index contributed by atoms with van der Waals surface area (Å²) in [6.07, 6.45) is 3.00. The van der Waals surface area contributed by atoms with E-state index < -0.39 is 7.12 Å². The summed E-state index contributed by atoms with van der Waals surface area (Å²) in [6.45, 7) is 0. The van der Waals surface area contributed by atoms with Crippen LogP contribution in [0.4, 0.5) is 9.59 Å². The van der Waals surface area contributed by atoms with Gasteiger partial charge in [-0.2, -0.15) is 0 Å². The molecule has 2 aliphatic heterocycles. The average molecular weight is 1450 g/mol. The minimum atomic E-state index is -1.51. The topological polar surface area (TPSA) is 255 Å². The first kappa shape index (κ1) is 75.9. The van der Waals surface area contributed by atoms with Gasteiger partial charge in [-0.25, -0.2) is 0 Å². The molecule has 0 spiro atoms. The number of imide groups is 2. The third kappa shape index (κ3) is 22.6. The highest BCUT2D eigenvalue weighted by Gasteiger charge is 2.31. The molecule has 14 rings (SSSR count). The maximum atomic E-state index is 11.7. The molecule has 0 radical (unpaired) electrons. The Labute approximate surface area is 621 Å². The molecule has 1 atom stereocenters. The van der Waals surface area contributed by atoms with Crippen molar-refractivity contribution in [1.29, 1.82) is 0 Å². The van der Waals surface area contributed by atoms with Crippen molar-refractivity contribution < 1.29 is 77.4 Å². The van der Waals surface area contributed by atoms with Gasteiger partial charge in [-0.15, -0.1) is 0 Å². The second kappa shape index (κ2) is 37.9.